The van der Waals surface area contributed by atoms with Gasteiger partial charge in [-0.05, 0) is 24.1 Å². The van der Waals surface area contributed by atoms with Gasteiger partial charge < -0.3 is 5.11 Å². The van der Waals surface area contributed by atoms with Gasteiger partial charge in [-0.3, -0.25) is 9.38 Å². The zero-order valence-corrected chi connectivity index (χ0v) is 11.7. The molecule has 106 valence electrons. The smallest absolute Gasteiger partial charge is 0.337 e. The maximum atomic E-state index is 11.1. The first-order valence-electron chi connectivity index (χ1n) is 6.30. The number of aromatic nitrogens is 4. The number of rotatable bonds is 4. The van der Waals surface area contributed by atoms with Crippen molar-refractivity contribution in [3.8, 4) is 0 Å². The fourth-order valence-electron chi connectivity index (χ4n) is 2.09. The lowest BCUT2D eigenvalue weighted by atomic mass is 10.1. The molecule has 0 saturated carbocycles. The van der Waals surface area contributed by atoms with Crippen molar-refractivity contribution in [3.63, 3.8) is 0 Å². The van der Waals surface area contributed by atoms with E-state index in [1.165, 1.54) is 12.3 Å². The summed E-state index contributed by atoms with van der Waals surface area (Å²) in [5.41, 5.74) is 1.65. The molecular formula is C14H11ClN4O2. The largest absolute Gasteiger partial charge is 0.478 e. The number of carboxylic acid groups (broad SMARTS) is 1. The molecule has 0 fully saturated rings. The normalized spacial score (nSPS) is 10.9. The van der Waals surface area contributed by atoms with Gasteiger partial charge in [0.1, 0.15) is 5.82 Å². The summed E-state index contributed by atoms with van der Waals surface area (Å²) in [5, 5.41) is 17.4. The first kappa shape index (κ1) is 13.5. The van der Waals surface area contributed by atoms with Crippen LogP contribution in [0.15, 0.2) is 36.8 Å². The molecule has 0 spiro atoms. The van der Waals surface area contributed by atoms with Crippen molar-refractivity contribution in [1.29, 1.82) is 0 Å². The number of halogens is 1. The average molecular weight is 303 g/mol. The van der Waals surface area contributed by atoms with Gasteiger partial charge in [-0.1, -0.05) is 17.7 Å². The highest BCUT2D eigenvalue weighted by Crippen LogP contribution is 2.19. The van der Waals surface area contributed by atoms with Crippen LogP contribution in [0.4, 0.5) is 0 Å². The molecule has 0 aliphatic carbocycles. The number of carboxylic acids is 1. The first-order valence-corrected chi connectivity index (χ1v) is 6.68. The lowest BCUT2D eigenvalue weighted by Gasteiger charge is -2.03. The van der Waals surface area contributed by atoms with E-state index in [4.69, 9.17) is 16.7 Å². The van der Waals surface area contributed by atoms with Gasteiger partial charge in [-0.25, -0.2) is 4.79 Å². The molecule has 6 nitrogen and oxygen atoms in total. The summed E-state index contributed by atoms with van der Waals surface area (Å²) in [6.07, 6.45) is 6.35. The maximum Gasteiger partial charge on any atom is 0.337 e. The van der Waals surface area contributed by atoms with Crippen molar-refractivity contribution < 1.29 is 9.90 Å². The number of nitrogens with zero attached hydrogens (tertiary/aromatic N) is 4. The molecule has 1 N–H and O–H groups in total. The molecular weight excluding hydrogens is 292 g/mol. The quantitative estimate of drug-likeness (QED) is 0.799. The zero-order valence-electron chi connectivity index (χ0n) is 10.9. The molecule has 3 heterocycles. The van der Waals surface area contributed by atoms with Crippen LogP contribution in [-0.2, 0) is 12.8 Å². The minimum atomic E-state index is -1.04. The summed E-state index contributed by atoms with van der Waals surface area (Å²) < 4.78 is 1.63. The molecule has 7 heteroatoms. The van der Waals surface area contributed by atoms with Crippen LogP contribution in [0.3, 0.4) is 0 Å². The van der Waals surface area contributed by atoms with Gasteiger partial charge in [-0.15, -0.1) is 10.2 Å². The Morgan fingerprint density at radius 3 is 2.90 bits per heavy atom. The van der Waals surface area contributed by atoms with Crippen molar-refractivity contribution in [2.45, 2.75) is 12.8 Å². The Labute approximate surface area is 125 Å². The minimum absolute atomic E-state index is 0.106. The second-order valence-electron chi connectivity index (χ2n) is 4.55. The molecule has 0 amide bonds. The summed E-state index contributed by atoms with van der Waals surface area (Å²) >= 11 is 6.04. The fraction of sp³-hybridized carbons (Fsp3) is 0.143. The van der Waals surface area contributed by atoms with E-state index < -0.39 is 5.97 Å². The fourth-order valence-corrected chi connectivity index (χ4v) is 2.34. The molecule has 0 saturated heterocycles. The summed E-state index contributed by atoms with van der Waals surface area (Å²) in [7, 11) is 0. The van der Waals surface area contributed by atoms with E-state index in [-0.39, 0.29) is 10.6 Å². The molecule has 0 radical (unpaired) electrons. The number of fused-ring (bicyclic) bond motifs is 1. The Morgan fingerprint density at radius 2 is 2.19 bits per heavy atom. The summed E-state index contributed by atoms with van der Waals surface area (Å²) in [5.74, 6) is -0.371. The van der Waals surface area contributed by atoms with Crippen LogP contribution >= 0.6 is 11.6 Å². The summed E-state index contributed by atoms with van der Waals surface area (Å²) in [6, 6.07) is 5.22. The third kappa shape index (κ3) is 2.71. The predicted octanol–water partition coefficient (Wildman–Crippen LogP) is 2.26. The molecule has 0 aliphatic heterocycles. The predicted molar refractivity (Wildman–Crippen MR) is 76.6 cm³/mol. The molecule has 0 aromatic carbocycles. The van der Waals surface area contributed by atoms with E-state index in [0.29, 0.717) is 17.9 Å². The number of hydrogen-bond donors (Lipinski definition) is 1. The van der Waals surface area contributed by atoms with Crippen LogP contribution in [0, 0.1) is 0 Å². The number of pyridine rings is 2. The van der Waals surface area contributed by atoms with Gasteiger partial charge in [0.05, 0.1) is 10.6 Å². The zero-order chi connectivity index (χ0) is 14.8. The third-order valence-corrected chi connectivity index (χ3v) is 3.42. The van der Waals surface area contributed by atoms with Crippen LogP contribution in [0.1, 0.15) is 21.7 Å². The van der Waals surface area contributed by atoms with Crippen molar-refractivity contribution >= 4 is 23.2 Å². The molecule has 0 unspecified atom stereocenters. The molecule has 21 heavy (non-hydrogen) atoms. The summed E-state index contributed by atoms with van der Waals surface area (Å²) in [4.78, 5) is 15.1. The van der Waals surface area contributed by atoms with Crippen LogP contribution in [-0.4, -0.2) is 30.7 Å². The van der Waals surface area contributed by atoms with Crippen LogP contribution in [0.25, 0.3) is 5.65 Å². The number of hydrogen-bond acceptors (Lipinski definition) is 4. The summed E-state index contributed by atoms with van der Waals surface area (Å²) in [6.45, 7) is 0. The van der Waals surface area contributed by atoms with Crippen molar-refractivity contribution in [2.24, 2.45) is 0 Å². The Balaban J connectivity index is 1.94. The van der Waals surface area contributed by atoms with Gasteiger partial charge in [0.15, 0.2) is 5.65 Å². The van der Waals surface area contributed by atoms with E-state index in [0.717, 1.165) is 12.0 Å². The second kappa shape index (κ2) is 5.49. The number of aromatic carboxylic acids is 1. The molecule has 3 aromatic rings. The molecule has 0 atom stereocenters. The van der Waals surface area contributed by atoms with E-state index in [2.05, 4.69) is 15.2 Å². The topological polar surface area (TPSA) is 80.4 Å². The maximum absolute atomic E-state index is 11.1. The molecule has 3 aromatic heterocycles. The highest BCUT2D eigenvalue weighted by Gasteiger charge is 2.13. The Hall–Kier alpha value is -2.47. The van der Waals surface area contributed by atoms with Crippen LogP contribution < -0.4 is 0 Å². The first-order chi connectivity index (χ1) is 10.1. The Kier molecular flexibility index (Phi) is 3.53. The van der Waals surface area contributed by atoms with Gasteiger partial charge in [0, 0.05) is 25.0 Å². The van der Waals surface area contributed by atoms with E-state index in [9.17, 15) is 4.79 Å². The van der Waals surface area contributed by atoms with Crippen molar-refractivity contribution in [3.05, 3.63) is 58.8 Å². The van der Waals surface area contributed by atoms with Gasteiger partial charge >= 0.3 is 5.97 Å². The number of aryl methyl sites for hydroxylation is 2. The Bertz CT molecular complexity index is 801. The van der Waals surface area contributed by atoms with Crippen LogP contribution in [0.2, 0.25) is 5.02 Å². The van der Waals surface area contributed by atoms with Gasteiger partial charge in [0.25, 0.3) is 0 Å². The van der Waals surface area contributed by atoms with Crippen molar-refractivity contribution in [2.75, 3.05) is 0 Å². The lowest BCUT2D eigenvalue weighted by Crippen LogP contribution is -2.03. The van der Waals surface area contributed by atoms with Gasteiger partial charge in [0.2, 0.25) is 0 Å². The Morgan fingerprint density at radius 1 is 1.33 bits per heavy atom. The minimum Gasteiger partial charge on any atom is -0.478 e. The number of carbonyl (C=O) groups is 1. The third-order valence-electron chi connectivity index (χ3n) is 3.14. The molecule has 0 aliphatic rings. The van der Waals surface area contributed by atoms with E-state index in [1.54, 1.807) is 16.8 Å². The van der Waals surface area contributed by atoms with E-state index in [1.807, 2.05) is 12.1 Å². The lowest BCUT2D eigenvalue weighted by molar-refractivity contribution is 0.0696. The van der Waals surface area contributed by atoms with E-state index >= 15 is 0 Å². The monoisotopic (exact) mass is 302 g/mol. The average Bonchev–Trinajstić information content (AvgIpc) is 2.90. The van der Waals surface area contributed by atoms with Crippen LogP contribution in [0.5, 0.6) is 0 Å². The highest BCUT2D eigenvalue weighted by atomic mass is 35.5. The highest BCUT2D eigenvalue weighted by molar-refractivity contribution is 6.33. The second-order valence-corrected chi connectivity index (χ2v) is 4.96. The standard InChI is InChI=1S/C14H11ClN4O2/c15-11-6-10(14(20)21)8-19-12(17-18-13(11)19)4-3-9-2-1-5-16-7-9/h1-2,5-8H,3-4H2,(H,20,21). The molecule has 3 rings (SSSR count). The molecule has 0 bridgehead atoms. The SMILES string of the molecule is O=C(O)c1cc(Cl)c2nnc(CCc3cccnc3)n2c1. The van der Waals surface area contributed by atoms with Gasteiger partial charge in [-0.2, -0.15) is 0 Å². The van der Waals surface area contributed by atoms with Crippen molar-refractivity contribution in [1.82, 2.24) is 19.6 Å².